The Balaban J connectivity index is 1.86. The average Bonchev–Trinajstić information content (AvgIpc) is 3.09. The summed E-state index contributed by atoms with van der Waals surface area (Å²) in [5.74, 6) is -2.29. The lowest BCUT2D eigenvalue weighted by molar-refractivity contribution is -0.163. The molecule has 0 bridgehead atoms. The number of carbonyl (C=O) groups excluding carboxylic acids is 3. The molecule has 0 saturated carbocycles. The summed E-state index contributed by atoms with van der Waals surface area (Å²) in [6.45, 7) is 4.99. The number of hydrogen-bond acceptors (Lipinski definition) is 6. The molecule has 2 amide bonds. The van der Waals surface area contributed by atoms with Gasteiger partial charge in [-0.25, -0.2) is 14.5 Å². The van der Waals surface area contributed by atoms with Crippen molar-refractivity contribution >= 4 is 29.6 Å². The van der Waals surface area contributed by atoms with E-state index in [2.05, 4.69) is 0 Å². The van der Waals surface area contributed by atoms with Crippen LogP contribution in [0.25, 0.3) is 0 Å². The number of halogens is 1. The smallest absolute Gasteiger partial charge is 0.417 e. The molecule has 0 aliphatic carbocycles. The predicted octanol–water partition coefficient (Wildman–Crippen LogP) is 4.27. The number of hydrogen-bond donors (Lipinski definition) is 1. The van der Waals surface area contributed by atoms with Crippen LogP contribution in [0.15, 0.2) is 54.6 Å². The van der Waals surface area contributed by atoms with Crippen molar-refractivity contribution in [2.75, 3.05) is 0 Å². The van der Waals surface area contributed by atoms with Crippen molar-refractivity contribution in [2.45, 2.75) is 51.5 Å². The van der Waals surface area contributed by atoms with E-state index in [1.165, 1.54) is 0 Å². The molecule has 8 heteroatoms. The molecule has 7 nitrogen and oxygen atoms in total. The molecule has 3 rings (SSSR count). The fraction of sp³-hybridized carbons (Fsp3) is 0.375. The third-order valence-corrected chi connectivity index (χ3v) is 5.28. The lowest BCUT2D eigenvalue weighted by Gasteiger charge is -2.30. The number of carbonyl (C=O) groups is 3. The Morgan fingerprint density at radius 2 is 1.75 bits per heavy atom. The topological polar surface area (TPSA) is 93.1 Å². The molecule has 1 unspecified atom stereocenters. The quantitative estimate of drug-likeness (QED) is 0.671. The monoisotopic (exact) mass is 459 g/mol. The second-order valence-corrected chi connectivity index (χ2v) is 9.08. The second-order valence-electron chi connectivity index (χ2n) is 8.65. The van der Waals surface area contributed by atoms with Gasteiger partial charge in [0.15, 0.2) is 0 Å². The molecule has 1 heterocycles. The third-order valence-electron chi connectivity index (χ3n) is 5.03. The second kappa shape index (κ2) is 9.71. The number of likely N-dealkylation sites (tertiary alicyclic amines) is 1. The summed E-state index contributed by atoms with van der Waals surface area (Å²) in [7, 11) is 0. The Kier molecular flexibility index (Phi) is 7.21. The van der Waals surface area contributed by atoms with Crippen molar-refractivity contribution in [1.29, 1.82) is 0 Å². The van der Waals surface area contributed by atoms with Crippen LogP contribution in [0.5, 0.6) is 0 Å². The van der Waals surface area contributed by atoms with E-state index in [0.29, 0.717) is 10.6 Å². The largest absolute Gasteiger partial charge is 0.458 e. The Hall–Kier alpha value is -2.90. The van der Waals surface area contributed by atoms with Crippen molar-refractivity contribution in [3.05, 3.63) is 70.7 Å². The first kappa shape index (κ1) is 23.8. The molecule has 2 aromatic rings. The highest BCUT2D eigenvalue weighted by Gasteiger charge is 2.52. The highest BCUT2D eigenvalue weighted by molar-refractivity contribution is 6.30. The van der Waals surface area contributed by atoms with E-state index < -0.39 is 41.6 Å². The summed E-state index contributed by atoms with van der Waals surface area (Å²) in [5.41, 5.74) is 0.359. The van der Waals surface area contributed by atoms with E-state index >= 15 is 0 Å². The molecule has 170 valence electrons. The maximum atomic E-state index is 13.0. The average molecular weight is 460 g/mol. The summed E-state index contributed by atoms with van der Waals surface area (Å²) >= 11 is 5.92. The molecule has 1 N–H and O–H groups in total. The van der Waals surface area contributed by atoms with Crippen LogP contribution in [0.2, 0.25) is 5.02 Å². The SMILES string of the molecule is CC(C)(C)OC(=O)[C@@H]1[C@@H](C(O)c2ccc(Cl)cc2)CC(=O)N1C(=O)OCc1ccccc1. The van der Waals surface area contributed by atoms with E-state index in [4.69, 9.17) is 21.1 Å². The summed E-state index contributed by atoms with van der Waals surface area (Å²) in [5, 5.41) is 11.5. The van der Waals surface area contributed by atoms with Crippen LogP contribution in [-0.2, 0) is 25.7 Å². The van der Waals surface area contributed by atoms with Crippen LogP contribution in [0.1, 0.15) is 44.4 Å². The minimum Gasteiger partial charge on any atom is -0.458 e. The molecule has 3 atom stereocenters. The van der Waals surface area contributed by atoms with Gasteiger partial charge in [-0.05, 0) is 44.0 Å². The minimum absolute atomic E-state index is 0.0606. The molecule has 1 aliphatic heterocycles. The van der Waals surface area contributed by atoms with Gasteiger partial charge >= 0.3 is 12.1 Å². The lowest BCUT2D eigenvalue weighted by Crippen LogP contribution is -2.48. The van der Waals surface area contributed by atoms with Gasteiger partial charge in [0.2, 0.25) is 5.91 Å². The molecule has 0 spiro atoms. The summed E-state index contributed by atoms with van der Waals surface area (Å²) in [4.78, 5) is 39.4. The number of rotatable bonds is 5. The molecule has 1 aliphatic rings. The minimum atomic E-state index is -1.32. The zero-order valence-corrected chi connectivity index (χ0v) is 18.9. The fourth-order valence-corrected chi connectivity index (χ4v) is 3.72. The summed E-state index contributed by atoms with van der Waals surface area (Å²) in [6.07, 6.45) is -2.37. The molecule has 0 aromatic heterocycles. The lowest BCUT2D eigenvalue weighted by atomic mass is 9.89. The molecular formula is C24H26ClNO6. The Bertz CT molecular complexity index is 970. The number of aliphatic hydroxyl groups excluding tert-OH is 1. The van der Waals surface area contributed by atoms with Crippen LogP contribution in [0.4, 0.5) is 4.79 Å². The van der Waals surface area contributed by atoms with Crippen molar-refractivity contribution in [3.8, 4) is 0 Å². The van der Waals surface area contributed by atoms with Crippen molar-refractivity contribution < 1.29 is 29.0 Å². The standard InChI is InChI=1S/C24H26ClNO6/c1-24(2,3)32-22(29)20-18(21(28)16-9-11-17(25)12-10-16)13-19(27)26(20)23(30)31-14-15-7-5-4-6-8-15/h4-12,18,20-21,28H,13-14H2,1-3H3/t18-,20-,21?/m0/s1. The van der Waals surface area contributed by atoms with Gasteiger partial charge in [-0.1, -0.05) is 54.1 Å². The van der Waals surface area contributed by atoms with Crippen LogP contribution >= 0.6 is 11.6 Å². The maximum absolute atomic E-state index is 13.0. The van der Waals surface area contributed by atoms with Crippen LogP contribution < -0.4 is 0 Å². The van der Waals surface area contributed by atoms with Crippen molar-refractivity contribution in [3.63, 3.8) is 0 Å². The van der Waals surface area contributed by atoms with Gasteiger partial charge in [-0.2, -0.15) is 0 Å². The molecule has 1 fully saturated rings. The van der Waals surface area contributed by atoms with E-state index in [-0.39, 0.29) is 13.0 Å². The highest BCUT2D eigenvalue weighted by atomic mass is 35.5. The maximum Gasteiger partial charge on any atom is 0.417 e. The zero-order chi connectivity index (χ0) is 23.5. The summed E-state index contributed by atoms with van der Waals surface area (Å²) in [6, 6.07) is 14.1. The first-order valence-corrected chi connectivity index (χ1v) is 10.6. The van der Waals surface area contributed by atoms with Gasteiger partial charge in [0, 0.05) is 17.4 Å². The zero-order valence-electron chi connectivity index (χ0n) is 18.2. The fourth-order valence-electron chi connectivity index (χ4n) is 3.60. The number of benzene rings is 2. The first-order valence-electron chi connectivity index (χ1n) is 10.3. The van der Waals surface area contributed by atoms with Crippen molar-refractivity contribution in [1.82, 2.24) is 4.90 Å². The molecule has 1 saturated heterocycles. The number of aliphatic hydroxyl groups is 1. The number of ether oxygens (including phenoxy) is 2. The van der Waals surface area contributed by atoms with E-state index in [9.17, 15) is 19.5 Å². The first-order chi connectivity index (χ1) is 15.1. The Morgan fingerprint density at radius 1 is 1.12 bits per heavy atom. The van der Waals surface area contributed by atoms with Gasteiger partial charge in [-0.15, -0.1) is 0 Å². The van der Waals surface area contributed by atoms with E-state index in [1.807, 2.05) is 6.07 Å². The number of esters is 1. The number of nitrogens with zero attached hydrogens (tertiary/aromatic N) is 1. The van der Waals surface area contributed by atoms with Crippen LogP contribution in [-0.4, -0.2) is 39.6 Å². The molecule has 0 radical (unpaired) electrons. The normalized spacial score (nSPS) is 19.5. The Labute approximate surface area is 191 Å². The van der Waals surface area contributed by atoms with E-state index in [0.717, 1.165) is 10.5 Å². The third kappa shape index (κ3) is 5.66. The van der Waals surface area contributed by atoms with E-state index in [1.54, 1.807) is 69.3 Å². The van der Waals surface area contributed by atoms with Gasteiger partial charge in [0.1, 0.15) is 18.2 Å². The molecule has 32 heavy (non-hydrogen) atoms. The van der Waals surface area contributed by atoms with Crippen LogP contribution in [0, 0.1) is 5.92 Å². The van der Waals surface area contributed by atoms with Crippen molar-refractivity contribution in [2.24, 2.45) is 5.92 Å². The highest BCUT2D eigenvalue weighted by Crippen LogP contribution is 2.38. The van der Waals surface area contributed by atoms with Crippen LogP contribution in [0.3, 0.4) is 0 Å². The van der Waals surface area contributed by atoms with Gasteiger partial charge < -0.3 is 14.6 Å². The van der Waals surface area contributed by atoms with Gasteiger partial charge in [-0.3, -0.25) is 4.79 Å². The predicted molar refractivity (Wildman–Crippen MR) is 118 cm³/mol. The molecular weight excluding hydrogens is 434 g/mol. The summed E-state index contributed by atoms with van der Waals surface area (Å²) < 4.78 is 10.8. The number of imide groups is 1. The van der Waals surface area contributed by atoms with Gasteiger partial charge in [0.25, 0.3) is 0 Å². The molecule has 2 aromatic carbocycles. The van der Waals surface area contributed by atoms with Gasteiger partial charge in [0.05, 0.1) is 6.10 Å². The Morgan fingerprint density at radius 3 is 2.34 bits per heavy atom. The number of amides is 2.